The summed E-state index contributed by atoms with van der Waals surface area (Å²) in [7, 11) is 0. The van der Waals surface area contributed by atoms with Crippen molar-refractivity contribution in [1.29, 1.82) is 0 Å². The molecule has 1 heterocycles. The SMILES string of the molecule is NNc1nnc(COCc2ccccc2Cl)s1. The number of anilines is 1. The molecule has 0 radical (unpaired) electrons. The van der Waals surface area contributed by atoms with Crippen molar-refractivity contribution in [3.8, 4) is 0 Å². The number of hydrogen-bond acceptors (Lipinski definition) is 6. The maximum atomic E-state index is 6.00. The fourth-order valence-electron chi connectivity index (χ4n) is 1.23. The predicted octanol–water partition coefficient (Wildman–Crippen LogP) is 2.19. The number of nitrogen functional groups attached to an aromatic ring is 1. The van der Waals surface area contributed by atoms with Gasteiger partial charge in [-0.3, -0.25) is 5.43 Å². The quantitative estimate of drug-likeness (QED) is 0.644. The molecule has 7 heteroatoms. The molecule has 0 amide bonds. The van der Waals surface area contributed by atoms with Crippen molar-refractivity contribution in [3.05, 3.63) is 39.9 Å². The van der Waals surface area contributed by atoms with Crippen LogP contribution in [-0.4, -0.2) is 10.2 Å². The lowest BCUT2D eigenvalue weighted by molar-refractivity contribution is 0.106. The van der Waals surface area contributed by atoms with E-state index in [2.05, 4.69) is 15.6 Å². The summed E-state index contributed by atoms with van der Waals surface area (Å²) in [5.74, 6) is 5.20. The predicted molar refractivity (Wildman–Crippen MR) is 67.7 cm³/mol. The number of ether oxygens (including phenoxy) is 1. The Bertz CT molecular complexity index is 491. The van der Waals surface area contributed by atoms with Crippen LogP contribution in [0.4, 0.5) is 5.13 Å². The van der Waals surface area contributed by atoms with Gasteiger partial charge in [0.2, 0.25) is 5.13 Å². The Morgan fingerprint density at radius 2 is 2.12 bits per heavy atom. The highest BCUT2D eigenvalue weighted by molar-refractivity contribution is 7.15. The fraction of sp³-hybridized carbons (Fsp3) is 0.200. The van der Waals surface area contributed by atoms with Gasteiger partial charge in [-0.15, -0.1) is 10.2 Å². The van der Waals surface area contributed by atoms with Gasteiger partial charge in [-0.05, 0) is 11.6 Å². The lowest BCUT2D eigenvalue weighted by atomic mass is 10.2. The Morgan fingerprint density at radius 3 is 2.82 bits per heavy atom. The van der Waals surface area contributed by atoms with E-state index in [0.29, 0.717) is 23.4 Å². The molecule has 0 unspecified atom stereocenters. The lowest BCUT2D eigenvalue weighted by Crippen LogP contribution is -2.05. The van der Waals surface area contributed by atoms with E-state index in [9.17, 15) is 0 Å². The minimum absolute atomic E-state index is 0.393. The van der Waals surface area contributed by atoms with Crippen LogP contribution in [0.25, 0.3) is 0 Å². The zero-order valence-electron chi connectivity index (χ0n) is 8.89. The molecule has 0 saturated heterocycles. The molecule has 17 heavy (non-hydrogen) atoms. The first-order chi connectivity index (χ1) is 8.29. The number of halogens is 1. The highest BCUT2D eigenvalue weighted by Gasteiger charge is 2.04. The average molecular weight is 271 g/mol. The molecule has 2 rings (SSSR count). The van der Waals surface area contributed by atoms with Crippen molar-refractivity contribution in [2.75, 3.05) is 5.43 Å². The summed E-state index contributed by atoms with van der Waals surface area (Å²) in [6.45, 7) is 0.842. The Labute approximate surface area is 108 Å². The molecule has 0 saturated carbocycles. The molecule has 0 atom stereocenters. The van der Waals surface area contributed by atoms with Gasteiger partial charge in [-0.2, -0.15) is 0 Å². The summed E-state index contributed by atoms with van der Waals surface area (Å²) >= 11 is 7.36. The standard InChI is InChI=1S/C10H11ClN4OS/c11-8-4-2-1-3-7(8)5-16-6-9-14-15-10(13-12)17-9/h1-4H,5-6,12H2,(H,13,15). The zero-order chi connectivity index (χ0) is 12.1. The molecule has 0 aliphatic carbocycles. The molecule has 90 valence electrons. The monoisotopic (exact) mass is 270 g/mol. The van der Waals surface area contributed by atoms with E-state index < -0.39 is 0 Å². The zero-order valence-corrected chi connectivity index (χ0v) is 10.5. The molecule has 1 aromatic heterocycles. The third-order valence-corrected chi connectivity index (χ3v) is 3.23. The van der Waals surface area contributed by atoms with E-state index in [1.807, 2.05) is 24.3 Å². The van der Waals surface area contributed by atoms with Crippen LogP contribution in [0.15, 0.2) is 24.3 Å². The summed E-state index contributed by atoms with van der Waals surface area (Å²) < 4.78 is 5.50. The number of nitrogens with zero attached hydrogens (tertiary/aromatic N) is 2. The molecule has 5 nitrogen and oxygen atoms in total. The third kappa shape index (κ3) is 3.37. The van der Waals surface area contributed by atoms with E-state index in [0.717, 1.165) is 10.6 Å². The topological polar surface area (TPSA) is 73.1 Å². The summed E-state index contributed by atoms with van der Waals surface area (Å²) in [6, 6.07) is 7.57. The van der Waals surface area contributed by atoms with E-state index in [-0.39, 0.29) is 0 Å². The maximum absolute atomic E-state index is 6.00. The first-order valence-electron chi connectivity index (χ1n) is 4.89. The Hall–Kier alpha value is -1.21. The average Bonchev–Trinajstić information content (AvgIpc) is 2.80. The first kappa shape index (κ1) is 12.3. The molecule has 1 aromatic carbocycles. The smallest absolute Gasteiger partial charge is 0.219 e. The molecule has 0 bridgehead atoms. The van der Waals surface area contributed by atoms with Crippen LogP contribution < -0.4 is 11.3 Å². The van der Waals surface area contributed by atoms with E-state index in [1.54, 1.807) is 0 Å². The van der Waals surface area contributed by atoms with Crippen LogP contribution >= 0.6 is 22.9 Å². The maximum Gasteiger partial charge on any atom is 0.219 e. The highest BCUT2D eigenvalue weighted by atomic mass is 35.5. The molecular weight excluding hydrogens is 260 g/mol. The Balaban J connectivity index is 1.85. The Kier molecular flexibility index (Phi) is 4.27. The van der Waals surface area contributed by atoms with Gasteiger partial charge in [0.25, 0.3) is 0 Å². The van der Waals surface area contributed by atoms with Crippen LogP contribution in [0.1, 0.15) is 10.6 Å². The summed E-state index contributed by atoms with van der Waals surface area (Å²) in [5, 5.41) is 9.75. The molecule has 0 spiro atoms. The van der Waals surface area contributed by atoms with Crippen LogP contribution in [0, 0.1) is 0 Å². The van der Waals surface area contributed by atoms with Crippen molar-refractivity contribution in [3.63, 3.8) is 0 Å². The molecule has 0 aliphatic heterocycles. The van der Waals surface area contributed by atoms with Gasteiger partial charge < -0.3 is 4.74 Å². The van der Waals surface area contributed by atoms with Gasteiger partial charge >= 0.3 is 0 Å². The van der Waals surface area contributed by atoms with Gasteiger partial charge in [0.1, 0.15) is 11.6 Å². The van der Waals surface area contributed by atoms with Crippen molar-refractivity contribution < 1.29 is 4.74 Å². The second-order valence-corrected chi connectivity index (χ2v) is 4.70. The summed E-state index contributed by atoms with van der Waals surface area (Å²) in [6.07, 6.45) is 0. The van der Waals surface area contributed by atoms with Crippen molar-refractivity contribution in [1.82, 2.24) is 10.2 Å². The molecular formula is C10H11ClN4OS. The summed E-state index contributed by atoms with van der Waals surface area (Å²) in [5.41, 5.74) is 3.39. The van der Waals surface area contributed by atoms with Crippen LogP contribution in [0.5, 0.6) is 0 Å². The van der Waals surface area contributed by atoms with Gasteiger partial charge in [0.05, 0.1) is 6.61 Å². The number of nitrogens with one attached hydrogen (secondary N) is 1. The second kappa shape index (κ2) is 5.92. The van der Waals surface area contributed by atoms with Crippen molar-refractivity contribution >= 4 is 28.1 Å². The largest absolute Gasteiger partial charge is 0.369 e. The first-order valence-corrected chi connectivity index (χ1v) is 6.09. The number of hydrazine groups is 1. The minimum Gasteiger partial charge on any atom is -0.369 e. The number of nitrogens with two attached hydrogens (primary N) is 1. The number of aromatic nitrogens is 2. The molecule has 2 aromatic rings. The number of hydrogen-bond donors (Lipinski definition) is 2. The lowest BCUT2D eigenvalue weighted by Gasteiger charge is -2.03. The normalized spacial score (nSPS) is 10.5. The highest BCUT2D eigenvalue weighted by Crippen LogP contribution is 2.18. The van der Waals surface area contributed by atoms with E-state index in [4.69, 9.17) is 22.2 Å². The van der Waals surface area contributed by atoms with Crippen molar-refractivity contribution in [2.45, 2.75) is 13.2 Å². The van der Waals surface area contributed by atoms with E-state index in [1.165, 1.54) is 11.3 Å². The molecule has 3 N–H and O–H groups in total. The number of rotatable bonds is 5. The third-order valence-electron chi connectivity index (χ3n) is 2.03. The molecule has 0 aliphatic rings. The van der Waals surface area contributed by atoms with Gasteiger partial charge in [0.15, 0.2) is 0 Å². The van der Waals surface area contributed by atoms with Crippen LogP contribution in [0.2, 0.25) is 5.02 Å². The van der Waals surface area contributed by atoms with Gasteiger partial charge in [-0.25, -0.2) is 5.84 Å². The van der Waals surface area contributed by atoms with E-state index >= 15 is 0 Å². The Morgan fingerprint density at radius 1 is 1.29 bits per heavy atom. The summed E-state index contributed by atoms with van der Waals surface area (Å²) in [4.78, 5) is 0. The van der Waals surface area contributed by atoms with Gasteiger partial charge in [0, 0.05) is 5.02 Å². The van der Waals surface area contributed by atoms with Crippen LogP contribution in [0.3, 0.4) is 0 Å². The molecule has 0 fully saturated rings. The minimum atomic E-state index is 0.393. The van der Waals surface area contributed by atoms with Crippen LogP contribution in [-0.2, 0) is 18.0 Å². The van der Waals surface area contributed by atoms with Crippen molar-refractivity contribution in [2.24, 2.45) is 5.84 Å². The second-order valence-electron chi connectivity index (χ2n) is 3.23. The fourth-order valence-corrected chi connectivity index (χ4v) is 2.01. The number of benzene rings is 1. The van der Waals surface area contributed by atoms with Gasteiger partial charge in [-0.1, -0.05) is 41.1 Å².